The monoisotopic (exact) mass is 421 g/mol. The molecule has 0 aromatic rings. The third kappa shape index (κ3) is 4.61. The Labute approximate surface area is 173 Å². The van der Waals surface area contributed by atoms with Crippen LogP contribution in [0.5, 0.6) is 0 Å². The SMILES string of the molecule is CC(F)(F)/C=C(/NC(=O)C1=NOC2(CCCN(C3CC3)C2)C1)C(=O)NC1(C#N)CC1. The Hall–Kier alpha value is -2.54. The summed E-state index contributed by atoms with van der Waals surface area (Å²) < 4.78 is 27.1. The summed E-state index contributed by atoms with van der Waals surface area (Å²) in [5.74, 6) is -4.99. The average Bonchev–Trinajstić information content (AvgIpc) is 3.60. The van der Waals surface area contributed by atoms with E-state index in [-0.39, 0.29) is 12.1 Å². The highest BCUT2D eigenvalue weighted by Gasteiger charge is 2.48. The number of amides is 2. The summed E-state index contributed by atoms with van der Waals surface area (Å²) in [5.41, 5.74) is -2.14. The summed E-state index contributed by atoms with van der Waals surface area (Å²) in [6.07, 6.45) is 5.58. The van der Waals surface area contributed by atoms with Crippen molar-refractivity contribution in [2.75, 3.05) is 13.1 Å². The smallest absolute Gasteiger partial charge is 0.273 e. The van der Waals surface area contributed by atoms with E-state index in [4.69, 9.17) is 10.1 Å². The molecule has 1 saturated heterocycles. The summed E-state index contributed by atoms with van der Waals surface area (Å²) in [7, 11) is 0. The van der Waals surface area contributed by atoms with Gasteiger partial charge in [-0.2, -0.15) is 5.26 Å². The number of halogens is 2. The number of nitriles is 1. The molecule has 2 N–H and O–H groups in total. The van der Waals surface area contributed by atoms with Gasteiger partial charge in [0.15, 0.2) is 5.60 Å². The van der Waals surface area contributed by atoms with Crippen molar-refractivity contribution in [2.45, 2.75) is 75.0 Å². The molecule has 4 rings (SSSR count). The van der Waals surface area contributed by atoms with Crippen LogP contribution in [0.4, 0.5) is 8.78 Å². The Kier molecular flexibility index (Phi) is 5.04. The number of nitrogens with zero attached hydrogens (tertiary/aromatic N) is 3. The first-order valence-electron chi connectivity index (χ1n) is 10.3. The van der Waals surface area contributed by atoms with E-state index in [9.17, 15) is 18.4 Å². The van der Waals surface area contributed by atoms with Crippen LogP contribution in [-0.2, 0) is 14.4 Å². The lowest BCUT2D eigenvalue weighted by atomic mass is 9.88. The molecule has 162 valence electrons. The molecule has 0 aromatic carbocycles. The van der Waals surface area contributed by atoms with Gasteiger partial charge in [0.1, 0.15) is 16.9 Å². The fourth-order valence-corrected chi connectivity index (χ4v) is 4.03. The van der Waals surface area contributed by atoms with Gasteiger partial charge in [-0.05, 0) is 45.1 Å². The minimum absolute atomic E-state index is 0.0761. The molecule has 0 radical (unpaired) electrons. The zero-order valence-corrected chi connectivity index (χ0v) is 16.8. The number of hydrogen-bond donors (Lipinski definition) is 2. The maximum atomic E-state index is 13.6. The molecule has 8 nitrogen and oxygen atoms in total. The second-order valence-electron chi connectivity index (χ2n) is 8.91. The van der Waals surface area contributed by atoms with Gasteiger partial charge in [-0.25, -0.2) is 8.78 Å². The van der Waals surface area contributed by atoms with Crippen LogP contribution in [0.3, 0.4) is 0 Å². The van der Waals surface area contributed by atoms with Crippen molar-refractivity contribution in [3.8, 4) is 6.07 Å². The average molecular weight is 421 g/mol. The van der Waals surface area contributed by atoms with Gasteiger partial charge >= 0.3 is 0 Å². The van der Waals surface area contributed by atoms with Crippen LogP contribution in [-0.4, -0.2) is 58.6 Å². The molecule has 0 bridgehead atoms. The molecule has 10 heteroatoms. The summed E-state index contributed by atoms with van der Waals surface area (Å²) in [4.78, 5) is 33.1. The van der Waals surface area contributed by atoms with E-state index in [0.717, 1.165) is 19.4 Å². The van der Waals surface area contributed by atoms with Crippen molar-refractivity contribution >= 4 is 17.5 Å². The van der Waals surface area contributed by atoms with Gasteiger partial charge < -0.3 is 15.5 Å². The lowest BCUT2D eigenvalue weighted by Crippen LogP contribution is -2.50. The Morgan fingerprint density at radius 2 is 2.10 bits per heavy atom. The lowest BCUT2D eigenvalue weighted by Gasteiger charge is -2.38. The Bertz CT molecular complexity index is 851. The van der Waals surface area contributed by atoms with E-state index in [0.29, 0.717) is 38.4 Å². The summed E-state index contributed by atoms with van der Waals surface area (Å²) in [6.45, 7) is 2.29. The second-order valence-corrected chi connectivity index (χ2v) is 8.91. The van der Waals surface area contributed by atoms with E-state index in [1.807, 2.05) is 6.07 Å². The fraction of sp³-hybridized carbons (Fsp3) is 0.700. The van der Waals surface area contributed by atoms with Gasteiger partial charge in [-0.3, -0.25) is 14.5 Å². The largest absolute Gasteiger partial charge is 0.387 e. The van der Waals surface area contributed by atoms with Crippen molar-refractivity contribution in [2.24, 2.45) is 5.16 Å². The first kappa shape index (κ1) is 20.7. The van der Waals surface area contributed by atoms with Gasteiger partial charge in [0.2, 0.25) is 0 Å². The molecule has 3 fully saturated rings. The van der Waals surface area contributed by atoms with Crippen molar-refractivity contribution in [1.82, 2.24) is 15.5 Å². The van der Waals surface area contributed by atoms with E-state index in [1.54, 1.807) is 0 Å². The highest BCUT2D eigenvalue weighted by molar-refractivity contribution is 6.40. The van der Waals surface area contributed by atoms with Gasteiger partial charge in [-0.1, -0.05) is 5.16 Å². The zero-order chi connectivity index (χ0) is 21.6. The number of piperidine rings is 1. The molecule has 1 spiro atoms. The van der Waals surface area contributed by atoms with Crippen molar-refractivity contribution in [3.05, 3.63) is 11.8 Å². The first-order valence-corrected chi connectivity index (χ1v) is 10.3. The predicted molar refractivity (Wildman–Crippen MR) is 102 cm³/mol. The predicted octanol–water partition coefficient (Wildman–Crippen LogP) is 1.59. The minimum atomic E-state index is -3.33. The molecule has 2 amide bonds. The lowest BCUT2D eigenvalue weighted by molar-refractivity contribution is -0.121. The third-order valence-electron chi connectivity index (χ3n) is 5.94. The molecule has 2 heterocycles. The quantitative estimate of drug-likeness (QED) is 0.634. The number of likely N-dealkylation sites (tertiary alicyclic amines) is 1. The maximum absolute atomic E-state index is 13.6. The van der Waals surface area contributed by atoms with Crippen LogP contribution < -0.4 is 10.6 Å². The number of allylic oxidation sites excluding steroid dienone is 1. The normalized spacial score (nSPS) is 28.3. The summed E-state index contributed by atoms with van der Waals surface area (Å²) in [5, 5.41) is 17.7. The van der Waals surface area contributed by atoms with E-state index in [2.05, 4.69) is 20.7 Å². The van der Waals surface area contributed by atoms with Crippen molar-refractivity contribution in [1.29, 1.82) is 5.26 Å². The molecular weight excluding hydrogens is 396 g/mol. The van der Waals surface area contributed by atoms with Gasteiger partial charge in [0.25, 0.3) is 17.7 Å². The molecule has 0 aromatic heterocycles. The van der Waals surface area contributed by atoms with E-state index < -0.39 is 34.6 Å². The van der Waals surface area contributed by atoms with Crippen molar-refractivity contribution in [3.63, 3.8) is 0 Å². The third-order valence-corrected chi connectivity index (χ3v) is 5.94. The molecule has 1 unspecified atom stereocenters. The molecule has 4 aliphatic rings. The number of nitrogens with one attached hydrogen (secondary N) is 2. The Balaban J connectivity index is 1.42. The van der Waals surface area contributed by atoms with Gasteiger partial charge in [-0.15, -0.1) is 0 Å². The number of carbonyl (C=O) groups is 2. The molecular formula is C20H25F2N5O3. The molecule has 2 aliphatic carbocycles. The van der Waals surface area contributed by atoms with Crippen LogP contribution in [0, 0.1) is 11.3 Å². The highest BCUT2D eigenvalue weighted by Crippen LogP contribution is 2.38. The van der Waals surface area contributed by atoms with Crippen LogP contribution >= 0.6 is 0 Å². The van der Waals surface area contributed by atoms with Crippen LogP contribution in [0.2, 0.25) is 0 Å². The number of oxime groups is 1. The van der Waals surface area contributed by atoms with Crippen molar-refractivity contribution < 1.29 is 23.2 Å². The molecule has 1 atom stereocenters. The van der Waals surface area contributed by atoms with Gasteiger partial charge in [0.05, 0.1) is 6.07 Å². The Morgan fingerprint density at radius 1 is 1.37 bits per heavy atom. The topological polar surface area (TPSA) is 107 Å². The minimum Gasteiger partial charge on any atom is -0.387 e. The first-order chi connectivity index (χ1) is 14.1. The summed E-state index contributed by atoms with van der Waals surface area (Å²) in [6, 6.07) is 2.53. The second kappa shape index (κ2) is 7.30. The fourth-order valence-electron chi connectivity index (χ4n) is 4.03. The van der Waals surface area contributed by atoms with Crippen LogP contribution in [0.25, 0.3) is 0 Å². The maximum Gasteiger partial charge on any atom is 0.273 e. The molecule has 2 aliphatic heterocycles. The number of hydrogen-bond acceptors (Lipinski definition) is 6. The zero-order valence-electron chi connectivity index (χ0n) is 16.8. The summed E-state index contributed by atoms with van der Waals surface area (Å²) >= 11 is 0. The Morgan fingerprint density at radius 3 is 2.70 bits per heavy atom. The van der Waals surface area contributed by atoms with Crippen LogP contribution in [0.1, 0.15) is 51.9 Å². The van der Waals surface area contributed by atoms with E-state index >= 15 is 0 Å². The van der Waals surface area contributed by atoms with Crippen LogP contribution in [0.15, 0.2) is 16.9 Å². The number of alkyl halides is 2. The number of rotatable bonds is 6. The standard InChI is InChI=1S/C20H25F2N5O3/c1-18(21,22)9-14(17(29)25-19(11-23)6-7-19)24-16(28)15-10-20(30-26-15)5-2-8-27(12-20)13-3-4-13/h9,13H,2-8,10,12H2,1H3,(H,24,28)(H,25,29)/b14-9+. The van der Waals surface area contributed by atoms with Gasteiger partial charge in [0, 0.05) is 32.0 Å². The van der Waals surface area contributed by atoms with E-state index in [1.165, 1.54) is 12.8 Å². The molecule has 2 saturated carbocycles. The number of carbonyl (C=O) groups excluding carboxylic acids is 2. The molecule has 30 heavy (non-hydrogen) atoms. The highest BCUT2D eigenvalue weighted by atomic mass is 19.3.